The van der Waals surface area contributed by atoms with E-state index in [4.69, 9.17) is 4.74 Å². The first-order valence-corrected chi connectivity index (χ1v) is 13.2. The summed E-state index contributed by atoms with van der Waals surface area (Å²) in [6.07, 6.45) is 7.79. The van der Waals surface area contributed by atoms with Gasteiger partial charge in [0.25, 0.3) is 0 Å². The van der Waals surface area contributed by atoms with Gasteiger partial charge in [-0.1, -0.05) is 12.1 Å². The lowest BCUT2D eigenvalue weighted by Gasteiger charge is -2.15. The van der Waals surface area contributed by atoms with Crippen LogP contribution >= 0.6 is 0 Å². The fraction of sp³-hybridized carbons (Fsp3) is 0.194. The highest BCUT2D eigenvalue weighted by atomic mass is 19.1. The van der Waals surface area contributed by atoms with Crippen LogP contribution in [0.2, 0.25) is 0 Å². The van der Waals surface area contributed by atoms with Crippen LogP contribution in [-0.4, -0.2) is 56.3 Å². The molecule has 2 N–H and O–H groups in total. The van der Waals surface area contributed by atoms with Gasteiger partial charge in [-0.25, -0.2) is 4.39 Å². The highest BCUT2D eigenvalue weighted by molar-refractivity contribution is 6.01. The summed E-state index contributed by atoms with van der Waals surface area (Å²) >= 11 is 0. The lowest BCUT2D eigenvalue weighted by Crippen LogP contribution is -2.25. The summed E-state index contributed by atoms with van der Waals surface area (Å²) in [6, 6.07) is 18.9. The molecule has 2 aromatic carbocycles. The van der Waals surface area contributed by atoms with Crippen molar-refractivity contribution in [2.24, 2.45) is 0 Å². The molecule has 194 valence electrons. The summed E-state index contributed by atoms with van der Waals surface area (Å²) in [5.41, 5.74) is 7.01. The predicted molar refractivity (Wildman–Crippen MR) is 151 cm³/mol. The largest absolute Gasteiger partial charge is 0.492 e. The van der Waals surface area contributed by atoms with E-state index in [9.17, 15) is 4.39 Å². The van der Waals surface area contributed by atoms with E-state index < -0.39 is 0 Å². The zero-order chi connectivity index (χ0) is 26.2. The molecule has 1 aliphatic rings. The van der Waals surface area contributed by atoms with Gasteiger partial charge in [-0.15, -0.1) is 0 Å². The van der Waals surface area contributed by atoms with E-state index in [0.717, 1.165) is 75.2 Å². The van der Waals surface area contributed by atoms with Crippen molar-refractivity contribution in [2.75, 3.05) is 26.2 Å². The average Bonchev–Trinajstić information content (AvgIpc) is 3.72. The van der Waals surface area contributed by atoms with Gasteiger partial charge in [0.05, 0.1) is 23.1 Å². The first-order chi connectivity index (χ1) is 19.2. The van der Waals surface area contributed by atoms with Crippen LogP contribution in [0.4, 0.5) is 4.39 Å². The van der Waals surface area contributed by atoms with E-state index in [1.807, 2.05) is 42.5 Å². The fourth-order valence-electron chi connectivity index (χ4n) is 5.44. The van der Waals surface area contributed by atoms with Gasteiger partial charge in [0.1, 0.15) is 23.9 Å². The molecule has 0 spiro atoms. The van der Waals surface area contributed by atoms with E-state index in [0.29, 0.717) is 12.4 Å². The number of halogens is 1. The molecule has 4 aromatic heterocycles. The topological polar surface area (TPSA) is 82.7 Å². The van der Waals surface area contributed by atoms with Crippen molar-refractivity contribution in [1.29, 1.82) is 0 Å². The van der Waals surface area contributed by atoms with E-state index in [1.54, 1.807) is 24.7 Å². The molecule has 0 radical (unpaired) electrons. The molecule has 6 aromatic rings. The van der Waals surface area contributed by atoms with Crippen LogP contribution in [-0.2, 0) is 0 Å². The van der Waals surface area contributed by atoms with Gasteiger partial charge in [-0.05, 0) is 79.5 Å². The Labute approximate surface area is 224 Å². The Morgan fingerprint density at radius 1 is 0.897 bits per heavy atom. The number of pyridine rings is 2. The Balaban J connectivity index is 1.23. The summed E-state index contributed by atoms with van der Waals surface area (Å²) in [4.78, 5) is 14.6. The monoisotopic (exact) mass is 518 g/mol. The number of nitrogens with one attached hydrogen (secondary N) is 2. The quantitative estimate of drug-likeness (QED) is 0.254. The molecular weight excluding hydrogens is 491 g/mol. The molecular formula is C31H27FN6O. The minimum atomic E-state index is -0.314. The molecule has 0 amide bonds. The first-order valence-electron chi connectivity index (χ1n) is 13.2. The number of rotatable bonds is 7. The van der Waals surface area contributed by atoms with Crippen molar-refractivity contribution in [1.82, 2.24) is 30.0 Å². The van der Waals surface area contributed by atoms with Gasteiger partial charge in [-0.3, -0.25) is 20.0 Å². The molecule has 5 heterocycles. The summed E-state index contributed by atoms with van der Waals surface area (Å²) in [5.74, 6) is 0.234. The molecule has 7 rings (SSSR count). The van der Waals surface area contributed by atoms with Crippen LogP contribution in [0, 0.1) is 5.82 Å². The van der Waals surface area contributed by atoms with Crippen molar-refractivity contribution in [3.8, 4) is 39.5 Å². The third-order valence-corrected chi connectivity index (χ3v) is 7.40. The lowest BCUT2D eigenvalue weighted by atomic mass is 10.0. The fourth-order valence-corrected chi connectivity index (χ4v) is 5.44. The van der Waals surface area contributed by atoms with Crippen molar-refractivity contribution >= 4 is 21.8 Å². The third-order valence-electron chi connectivity index (χ3n) is 7.40. The lowest BCUT2D eigenvalue weighted by molar-refractivity contribution is 0.237. The maximum Gasteiger partial charge on any atom is 0.127 e. The van der Waals surface area contributed by atoms with Crippen molar-refractivity contribution < 1.29 is 9.13 Å². The highest BCUT2D eigenvalue weighted by Crippen LogP contribution is 2.36. The van der Waals surface area contributed by atoms with Crippen molar-refractivity contribution in [3.63, 3.8) is 0 Å². The van der Waals surface area contributed by atoms with Crippen molar-refractivity contribution in [3.05, 3.63) is 85.1 Å². The summed E-state index contributed by atoms with van der Waals surface area (Å²) in [6.45, 7) is 3.63. The van der Waals surface area contributed by atoms with Crippen LogP contribution in [0.25, 0.3) is 55.6 Å². The van der Waals surface area contributed by atoms with Gasteiger partial charge in [0.2, 0.25) is 0 Å². The highest BCUT2D eigenvalue weighted by Gasteiger charge is 2.16. The van der Waals surface area contributed by atoms with Crippen LogP contribution in [0.1, 0.15) is 12.8 Å². The van der Waals surface area contributed by atoms with Crippen LogP contribution in [0.3, 0.4) is 0 Å². The minimum Gasteiger partial charge on any atom is -0.492 e. The Morgan fingerprint density at radius 2 is 1.77 bits per heavy atom. The first kappa shape index (κ1) is 23.5. The second-order valence-electron chi connectivity index (χ2n) is 9.95. The molecule has 8 heteroatoms. The zero-order valence-corrected chi connectivity index (χ0v) is 21.3. The molecule has 0 atom stereocenters. The summed E-state index contributed by atoms with van der Waals surface area (Å²) in [7, 11) is 0. The number of hydrogen-bond acceptors (Lipinski definition) is 5. The molecule has 1 aliphatic heterocycles. The molecule has 1 saturated heterocycles. The Morgan fingerprint density at radius 3 is 2.64 bits per heavy atom. The Bertz CT molecular complexity index is 1770. The normalized spacial score (nSPS) is 14.0. The van der Waals surface area contributed by atoms with Gasteiger partial charge in [0.15, 0.2) is 0 Å². The number of aromatic amines is 2. The Kier molecular flexibility index (Phi) is 6.01. The average molecular weight is 519 g/mol. The van der Waals surface area contributed by atoms with Crippen LogP contribution in [0.15, 0.2) is 79.3 Å². The van der Waals surface area contributed by atoms with E-state index in [2.05, 4.69) is 36.1 Å². The third kappa shape index (κ3) is 4.64. The second kappa shape index (κ2) is 9.96. The molecule has 7 nitrogen and oxygen atoms in total. The molecule has 0 unspecified atom stereocenters. The number of fused-ring (bicyclic) bond motifs is 2. The minimum absolute atomic E-state index is 0.314. The van der Waals surface area contributed by atoms with E-state index >= 15 is 0 Å². The second-order valence-corrected chi connectivity index (χ2v) is 9.95. The molecule has 0 aliphatic carbocycles. The molecule has 0 bridgehead atoms. The van der Waals surface area contributed by atoms with E-state index in [-0.39, 0.29) is 5.82 Å². The summed E-state index contributed by atoms with van der Waals surface area (Å²) in [5, 5.41) is 9.65. The smallest absolute Gasteiger partial charge is 0.127 e. The molecule has 0 saturated carbocycles. The van der Waals surface area contributed by atoms with Crippen molar-refractivity contribution in [2.45, 2.75) is 12.8 Å². The van der Waals surface area contributed by atoms with Gasteiger partial charge < -0.3 is 9.72 Å². The predicted octanol–water partition coefficient (Wildman–Crippen LogP) is 6.45. The number of benzene rings is 2. The zero-order valence-electron chi connectivity index (χ0n) is 21.3. The maximum atomic E-state index is 14.7. The number of likely N-dealkylation sites (tertiary alicyclic amines) is 1. The SMILES string of the molecule is Fc1cc(OCCN2CCCC2)cc(-c2cccc3[nH]c(-c4n[nH]c5cnc(-c6ccncc6)cc45)cc23)c1. The van der Waals surface area contributed by atoms with E-state index in [1.165, 1.54) is 18.9 Å². The number of H-pyrrole nitrogens is 2. The Hall–Kier alpha value is -4.56. The number of ether oxygens (including phenoxy) is 1. The standard InChI is InChI=1S/C31H27FN6O/c32-22-14-21(15-23(16-22)39-13-12-38-10-1-2-11-38)24-4-3-5-27-25(24)17-29(35-27)31-26-18-28(20-6-8-33-9-7-20)34-19-30(26)36-37-31/h3-9,14-19,35H,1-2,10-13H2,(H,36,37). The van der Waals surface area contributed by atoms with Gasteiger partial charge in [-0.2, -0.15) is 5.10 Å². The number of nitrogens with zero attached hydrogens (tertiary/aromatic N) is 4. The molecule has 1 fully saturated rings. The van der Waals surface area contributed by atoms with Gasteiger partial charge >= 0.3 is 0 Å². The van der Waals surface area contributed by atoms with Gasteiger partial charge in [0, 0.05) is 46.9 Å². The van der Waals surface area contributed by atoms with Crippen LogP contribution < -0.4 is 4.74 Å². The molecule has 39 heavy (non-hydrogen) atoms. The maximum absolute atomic E-state index is 14.7. The number of hydrogen-bond donors (Lipinski definition) is 2. The number of aromatic nitrogens is 5. The summed E-state index contributed by atoms with van der Waals surface area (Å²) < 4.78 is 20.7. The van der Waals surface area contributed by atoms with Crippen LogP contribution in [0.5, 0.6) is 5.75 Å².